The molecule has 0 fully saturated rings. The van der Waals surface area contributed by atoms with Gasteiger partial charge >= 0.3 is 0 Å². The second-order valence-corrected chi connectivity index (χ2v) is 2.45. The Balaban J connectivity index is 2.74. The largest absolute Gasteiger partial charge is 0.446 e. The topological polar surface area (TPSA) is 35.2 Å². The molecule has 58 valence electrons. The van der Waals surface area contributed by atoms with Gasteiger partial charge in [-0.15, -0.1) is 0 Å². The summed E-state index contributed by atoms with van der Waals surface area (Å²) in [5, 5.41) is 0.148. The van der Waals surface area contributed by atoms with E-state index in [0.717, 1.165) is 0 Å². The SMILES string of the molecule is C=C(Cl)Oc1ccc(N)cc1. The van der Waals surface area contributed by atoms with Gasteiger partial charge in [0.25, 0.3) is 0 Å². The predicted octanol–water partition coefficient (Wildman–Crippen LogP) is 2.36. The van der Waals surface area contributed by atoms with Crippen LogP contribution in [0.5, 0.6) is 5.75 Å². The van der Waals surface area contributed by atoms with Crippen molar-refractivity contribution in [2.24, 2.45) is 0 Å². The second-order valence-electron chi connectivity index (χ2n) is 2.03. The molecule has 0 radical (unpaired) electrons. The van der Waals surface area contributed by atoms with Gasteiger partial charge in [-0.05, 0) is 42.4 Å². The molecule has 0 unspecified atom stereocenters. The fourth-order valence-corrected chi connectivity index (χ4v) is 0.753. The monoisotopic (exact) mass is 169 g/mol. The quantitative estimate of drug-likeness (QED) is 0.545. The van der Waals surface area contributed by atoms with Crippen molar-refractivity contribution in [3.63, 3.8) is 0 Å². The zero-order chi connectivity index (χ0) is 8.27. The van der Waals surface area contributed by atoms with Crippen LogP contribution in [-0.2, 0) is 0 Å². The molecule has 0 bridgehead atoms. The van der Waals surface area contributed by atoms with E-state index >= 15 is 0 Å². The van der Waals surface area contributed by atoms with Crippen LogP contribution in [0.15, 0.2) is 36.1 Å². The van der Waals surface area contributed by atoms with E-state index in [0.29, 0.717) is 11.4 Å². The third kappa shape index (κ3) is 2.51. The van der Waals surface area contributed by atoms with Crippen molar-refractivity contribution in [3.8, 4) is 5.75 Å². The van der Waals surface area contributed by atoms with Gasteiger partial charge in [-0.3, -0.25) is 0 Å². The molecule has 0 atom stereocenters. The minimum Gasteiger partial charge on any atom is -0.446 e. The molecule has 3 heteroatoms. The Morgan fingerprint density at radius 2 is 1.91 bits per heavy atom. The van der Waals surface area contributed by atoms with Crippen LogP contribution in [0.2, 0.25) is 0 Å². The van der Waals surface area contributed by atoms with Gasteiger partial charge in [0.15, 0.2) is 5.22 Å². The molecule has 0 saturated carbocycles. The average molecular weight is 170 g/mol. The van der Waals surface area contributed by atoms with Gasteiger partial charge in [0, 0.05) is 5.69 Å². The molecule has 1 aromatic rings. The summed E-state index contributed by atoms with van der Waals surface area (Å²) in [7, 11) is 0. The summed E-state index contributed by atoms with van der Waals surface area (Å²) in [4.78, 5) is 0. The first kappa shape index (κ1) is 7.95. The third-order valence-corrected chi connectivity index (χ3v) is 1.19. The molecular weight excluding hydrogens is 162 g/mol. The van der Waals surface area contributed by atoms with Gasteiger partial charge in [-0.1, -0.05) is 0 Å². The molecule has 0 spiro atoms. The van der Waals surface area contributed by atoms with E-state index in [1.54, 1.807) is 24.3 Å². The van der Waals surface area contributed by atoms with E-state index in [9.17, 15) is 0 Å². The number of benzene rings is 1. The fourth-order valence-electron chi connectivity index (χ4n) is 0.664. The highest BCUT2D eigenvalue weighted by molar-refractivity contribution is 6.28. The molecule has 0 heterocycles. The Labute approximate surface area is 70.2 Å². The minimum absolute atomic E-state index is 0.148. The summed E-state index contributed by atoms with van der Waals surface area (Å²) in [5.41, 5.74) is 6.14. The van der Waals surface area contributed by atoms with Crippen LogP contribution in [-0.4, -0.2) is 0 Å². The number of halogens is 1. The van der Waals surface area contributed by atoms with Crippen molar-refractivity contribution in [2.75, 3.05) is 5.73 Å². The van der Waals surface area contributed by atoms with E-state index < -0.39 is 0 Å². The van der Waals surface area contributed by atoms with E-state index in [-0.39, 0.29) is 5.22 Å². The van der Waals surface area contributed by atoms with Gasteiger partial charge in [-0.25, -0.2) is 0 Å². The lowest BCUT2D eigenvalue weighted by atomic mass is 10.3. The highest BCUT2D eigenvalue weighted by Crippen LogP contribution is 2.16. The number of nitrogen functional groups attached to an aromatic ring is 1. The first-order valence-corrected chi connectivity index (χ1v) is 3.44. The fraction of sp³-hybridized carbons (Fsp3) is 0. The maximum absolute atomic E-state index is 5.45. The van der Waals surface area contributed by atoms with E-state index in [2.05, 4.69) is 6.58 Å². The molecule has 11 heavy (non-hydrogen) atoms. The van der Waals surface area contributed by atoms with E-state index in [1.807, 2.05) is 0 Å². The molecule has 0 amide bonds. The van der Waals surface area contributed by atoms with Crippen LogP contribution in [0.1, 0.15) is 0 Å². The molecule has 0 saturated heterocycles. The Hall–Kier alpha value is -1.15. The second kappa shape index (κ2) is 3.30. The van der Waals surface area contributed by atoms with Crippen molar-refractivity contribution in [3.05, 3.63) is 36.1 Å². The minimum atomic E-state index is 0.148. The molecule has 0 aromatic heterocycles. The lowest BCUT2D eigenvalue weighted by Crippen LogP contribution is -1.87. The predicted molar refractivity (Wildman–Crippen MR) is 46.5 cm³/mol. The summed E-state index contributed by atoms with van der Waals surface area (Å²) in [6.07, 6.45) is 0. The number of anilines is 1. The summed E-state index contributed by atoms with van der Waals surface area (Å²) in [6, 6.07) is 6.91. The average Bonchev–Trinajstić information content (AvgIpc) is 1.93. The van der Waals surface area contributed by atoms with E-state index in [1.165, 1.54) is 0 Å². The van der Waals surface area contributed by atoms with Gasteiger partial charge in [-0.2, -0.15) is 0 Å². The standard InChI is InChI=1S/C8H8ClNO/c1-6(9)11-8-4-2-7(10)3-5-8/h2-5H,1,10H2. The lowest BCUT2D eigenvalue weighted by molar-refractivity contribution is 0.465. The van der Waals surface area contributed by atoms with Crippen LogP contribution in [0.25, 0.3) is 0 Å². The zero-order valence-electron chi connectivity index (χ0n) is 5.88. The summed E-state index contributed by atoms with van der Waals surface area (Å²) >= 11 is 5.40. The highest BCUT2D eigenvalue weighted by atomic mass is 35.5. The summed E-state index contributed by atoms with van der Waals surface area (Å²) < 4.78 is 4.98. The first-order chi connectivity index (χ1) is 5.18. The van der Waals surface area contributed by atoms with Crippen LogP contribution in [0.4, 0.5) is 5.69 Å². The van der Waals surface area contributed by atoms with Crippen LogP contribution >= 0.6 is 11.6 Å². The van der Waals surface area contributed by atoms with Gasteiger partial charge in [0.1, 0.15) is 5.75 Å². The normalized spacial score (nSPS) is 9.18. The van der Waals surface area contributed by atoms with Crippen LogP contribution in [0.3, 0.4) is 0 Å². The van der Waals surface area contributed by atoms with E-state index in [4.69, 9.17) is 22.1 Å². The maximum Gasteiger partial charge on any atom is 0.186 e. The first-order valence-electron chi connectivity index (χ1n) is 3.06. The number of hydrogen-bond acceptors (Lipinski definition) is 2. The molecule has 2 N–H and O–H groups in total. The van der Waals surface area contributed by atoms with Crippen molar-refractivity contribution >= 4 is 17.3 Å². The Morgan fingerprint density at radius 1 is 1.36 bits per heavy atom. The zero-order valence-corrected chi connectivity index (χ0v) is 6.64. The van der Waals surface area contributed by atoms with Crippen molar-refractivity contribution < 1.29 is 4.74 Å². The maximum atomic E-state index is 5.45. The van der Waals surface area contributed by atoms with Crippen molar-refractivity contribution in [1.82, 2.24) is 0 Å². The Bertz CT molecular complexity index is 255. The number of ether oxygens (including phenoxy) is 1. The molecule has 0 aliphatic carbocycles. The molecule has 1 aromatic carbocycles. The number of rotatable bonds is 2. The van der Waals surface area contributed by atoms with Crippen molar-refractivity contribution in [2.45, 2.75) is 0 Å². The number of hydrogen-bond donors (Lipinski definition) is 1. The molecule has 0 aliphatic rings. The summed E-state index contributed by atoms with van der Waals surface area (Å²) in [5.74, 6) is 0.638. The third-order valence-electron chi connectivity index (χ3n) is 1.11. The highest BCUT2D eigenvalue weighted by Gasteiger charge is 1.92. The molecule has 1 rings (SSSR count). The molecular formula is C8H8ClNO. The Morgan fingerprint density at radius 3 is 2.36 bits per heavy atom. The van der Waals surface area contributed by atoms with Gasteiger partial charge in [0.05, 0.1) is 0 Å². The van der Waals surface area contributed by atoms with Gasteiger partial charge < -0.3 is 10.5 Å². The summed E-state index contributed by atoms with van der Waals surface area (Å²) in [6.45, 7) is 3.38. The molecule has 2 nitrogen and oxygen atoms in total. The number of nitrogens with two attached hydrogens (primary N) is 1. The van der Waals surface area contributed by atoms with Crippen molar-refractivity contribution in [1.29, 1.82) is 0 Å². The van der Waals surface area contributed by atoms with Crippen LogP contribution in [0, 0.1) is 0 Å². The van der Waals surface area contributed by atoms with Gasteiger partial charge in [0.2, 0.25) is 0 Å². The Kier molecular flexibility index (Phi) is 2.39. The smallest absolute Gasteiger partial charge is 0.186 e. The van der Waals surface area contributed by atoms with Crippen LogP contribution < -0.4 is 10.5 Å². The lowest BCUT2D eigenvalue weighted by Gasteiger charge is -2.01. The molecule has 0 aliphatic heterocycles.